The van der Waals surface area contributed by atoms with Crippen molar-refractivity contribution in [3.05, 3.63) is 0 Å². The molecule has 90 valence electrons. The second-order valence-electron chi connectivity index (χ2n) is 5.05. The highest BCUT2D eigenvalue weighted by Crippen LogP contribution is 2.26. The van der Waals surface area contributed by atoms with Gasteiger partial charge >= 0.3 is 0 Å². The van der Waals surface area contributed by atoms with Crippen molar-refractivity contribution in [2.75, 3.05) is 0 Å². The molecular weight excluding hydrogens is 200 g/mol. The van der Waals surface area contributed by atoms with Crippen LogP contribution in [0.25, 0.3) is 0 Å². The molecule has 1 aliphatic carbocycles. The van der Waals surface area contributed by atoms with Gasteiger partial charge in [-0.1, -0.05) is 26.2 Å². The summed E-state index contributed by atoms with van der Waals surface area (Å²) in [6.07, 6.45) is 7.40. The summed E-state index contributed by atoms with van der Waals surface area (Å²) >= 11 is 0. The minimum atomic E-state index is -0.689. The van der Waals surface area contributed by atoms with Crippen LogP contribution in [0.4, 0.5) is 0 Å². The monoisotopic (exact) mass is 222 g/mol. The zero-order valence-corrected chi connectivity index (χ0v) is 10.4. The van der Waals surface area contributed by atoms with Crippen LogP contribution in [0.3, 0.4) is 0 Å². The fourth-order valence-corrected chi connectivity index (χ4v) is 2.21. The van der Waals surface area contributed by atoms with Crippen molar-refractivity contribution in [3.63, 3.8) is 0 Å². The molecule has 0 heterocycles. The normalized spacial score (nSPS) is 20.8. The molecule has 1 saturated carbocycles. The second kappa shape index (κ2) is 5.89. The summed E-state index contributed by atoms with van der Waals surface area (Å²) in [5.41, 5.74) is -0.689. The van der Waals surface area contributed by atoms with Gasteiger partial charge in [0.25, 0.3) is 0 Å². The summed E-state index contributed by atoms with van der Waals surface area (Å²) in [6, 6.07) is 2.16. The van der Waals surface area contributed by atoms with Crippen molar-refractivity contribution in [2.45, 2.75) is 64.3 Å². The van der Waals surface area contributed by atoms with E-state index in [0.717, 1.165) is 0 Å². The highest BCUT2D eigenvalue weighted by atomic mass is 16.1. The van der Waals surface area contributed by atoms with Gasteiger partial charge in [0.1, 0.15) is 5.54 Å². The Hall–Kier alpha value is -1.04. The molecule has 16 heavy (non-hydrogen) atoms. The molecule has 3 heteroatoms. The Labute approximate surface area is 98.2 Å². The van der Waals surface area contributed by atoms with E-state index in [2.05, 4.69) is 11.4 Å². The van der Waals surface area contributed by atoms with E-state index in [1.807, 2.05) is 6.92 Å². The standard InChI is InChI=1S/C13H22N2O/c1-3-13(2,10-14)15-12(16)9-11-7-5-4-6-8-11/h11H,3-9H2,1-2H3,(H,15,16). The molecule has 0 saturated heterocycles. The number of carbonyl (C=O) groups is 1. The van der Waals surface area contributed by atoms with E-state index in [1.165, 1.54) is 32.1 Å². The van der Waals surface area contributed by atoms with E-state index in [4.69, 9.17) is 5.26 Å². The summed E-state index contributed by atoms with van der Waals surface area (Å²) in [4.78, 5) is 11.8. The van der Waals surface area contributed by atoms with Crippen molar-refractivity contribution >= 4 is 5.91 Å². The molecule has 0 radical (unpaired) electrons. The lowest BCUT2D eigenvalue weighted by molar-refractivity contribution is -0.123. The first-order chi connectivity index (χ1) is 7.59. The molecule has 1 rings (SSSR count). The van der Waals surface area contributed by atoms with Gasteiger partial charge in [-0.15, -0.1) is 0 Å². The van der Waals surface area contributed by atoms with Gasteiger partial charge in [-0.25, -0.2) is 0 Å². The zero-order valence-electron chi connectivity index (χ0n) is 10.4. The van der Waals surface area contributed by atoms with E-state index >= 15 is 0 Å². The molecular formula is C13H22N2O. The molecule has 1 amide bonds. The topological polar surface area (TPSA) is 52.9 Å². The van der Waals surface area contributed by atoms with Crippen molar-refractivity contribution in [2.24, 2.45) is 5.92 Å². The molecule has 1 N–H and O–H groups in total. The highest BCUT2D eigenvalue weighted by Gasteiger charge is 2.25. The third-order valence-electron chi connectivity index (χ3n) is 3.57. The van der Waals surface area contributed by atoms with E-state index in [-0.39, 0.29) is 5.91 Å². The van der Waals surface area contributed by atoms with Crippen LogP contribution in [0.2, 0.25) is 0 Å². The first-order valence-corrected chi connectivity index (χ1v) is 6.32. The SMILES string of the molecule is CCC(C)(C#N)NC(=O)CC1CCCCC1. The molecule has 1 fully saturated rings. The van der Waals surface area contributed by atoms with E-state index in [9.17, 15) is 4.79 Å². The van der Waals surface area contributed by atoms with Gasteiger partial charge < -0.3 is 5.32 Å². The number of carbonyl (C=O) groups excluding carboxylic acids is 1. The third kappa shape index (κ3) is 3.84. The predicted octanol–water partition coefficient (Wildman–Crippen LogP) is 2.77. The highest BCUT2D eigenvalue weighted by molar-refractivity contribution is 5.77. The predicted molar refractivity (Wildman–Crippen MR) is 63.6 cm³/mol. The smallest absolute Gasteiger partial charge is 0.221 e. The molecule has 1 atom stereocenters. The molecule has 0 aromatic heterocycles. The Morgan fingerprint density at radius 2 is 2.06 bits per heavy atom. The van der Waals surface area contributed by atoms with Gasteiger partial charge in [0.2, 0.25) is 5.91 Å². The van der Waals surface area contributed by atoms with Crippen LogP contribution in [-0.4, -0.2) is 11.4 Å². The molecule has 1 aliphatic rings. The van der Waals surface area contributed by atoms with Crippen molar-refractivity contribution in [1.29, 1.82) is 5.26 Å². The summed E-state index contributed by atoms with van der Waals surface area (Å²) in [5.74, 6) is 0.575. The third-order valence-corrected chi connectivity index (χ3v) is 3.57. The number of nitrogens with zero attached hydrogens (tertiary/aromatic N) is 1. The van der Waals surface area contributed by atoms with Crippen molar-refractivity contribution < 1.29 is 4.79 Å². The maximum absolute atomic E-state index is 11.8. The molecule has 1 unspecified atom stereocenters. The lowest BCUT2D eigenvalue weighted by Crippen LogP contribution is -2.44. The molecule has 0 aliphatic heterocycles. The van der Waals surface area contributed by atoms with Crippen LogP contribution in [-0.2, 0) is 4.79 Å². The minimum absolute atomic E-state index is 0.0396. The Kier molecular flexibility index (Phi) is 4.79. The van der Waals surface area contributed by atoms with Crippen LogP contribution in [0.1, 0.15) is 58.8 Å². The molecule has 0 bridgehead atoms. The maximum atomic E-state index is 11.8. The minimum Gasteiger partial charge on any atom is -0.338 e. The van der Waals surface area contributed by atoms with Gasteiger partial charge in [-0.2, -0.15) is 5.26 Å². The quantitative estimate of drug-likeness (QED) is 0.795. The van der Waals surface area contributed by atoms with E-state index < -0.39 is 5.54 Å². The van der Waals surface area contributed by atoms with Gasteiger partial charge in [0, 0.05) is 6.42 Å². The Morgan fingerprint density at radius 3 is 2.56 bits per heavy atom. The number of nitriles is 1. The van der Waals surface area contributed by atoms with Gasteiger partial charge in [0.15, 0.2) is 0 Å². The summed E-state index contributed by atoms with van der Waals surface area (Å²) in [5, 5.41) is 11.8. The lowest BCUT2D eigenvalue weighted by atomic mass is 9.86. The van der Waals surface area contributed by atoms with E-state index in [1.54, 1.807) is 6.92 Å². The van der Waals surface area contributed by atoms with Gasteiger partial charge in [-0.05, 0) is 32.1 Å². The molecule has 0 spiro atoms. The number of hydrogen-bond donors (Lipinski definition) is 1. The summed E-state index contributed by atoms with van der Waals surface area (Å²) < 4.78 is 0. The van der Waals surface area contributed by atoms with Crippen LogP contribution < -0.4 is 5.32 Å². The Morgan fingerprint density at radius 1 is 1.44 bits per heavy atom. The molecule has 0 aromatic rings. The average molecular weight is 222 g/mol. The average Bonchev–Trinajstić information content (AvgIpc) is 2.30. The summed E-state index contributed by atoms with van der Waals surface area (Å²) in [7, 11) is 0. The van der Waals surface area contributed by atoms with Crippen LogP contribution in [0.15, 0.2) is 0 Å². The van der Waals surface area contributed by atoms with Crippen LogP contribution >= 0.6 is 0 Å². The first kappa shape index (κ1) is 13.0. The number of amides is 1. The lowest BCUT2D eigenvalue weighted by Gasteiger charge is -2.25. The molecule has 0 aromatic carbocycles. The van der Waals surface area contributed by atoms with Crippen LogP contribution in [0.5, 0.6) is 0 Å². The van der Waals surface area contributed by atoms with Crippen LogP contribution in [0, 0.1) is 17.2 Å². The molecule has 3 nitrogen and oxygen atoms in total. The Balaban J connectivity index is 2.38. The number of rotatable bonds is 4. The van der Waals surface area contributed by atoms with E-state index in [0.29, 0.717) is 18.8 Å². The second-order valence-corrected chi connectivity index (χ2v) is 5.05. The zero-order chi connectivity index (χ0) is 12.0. The Bertz CT molecular complexity index is 276. The maximum Gasteiger partial charge on any atom is 0.221 e. The summed E-state index contributed by atoms with van der Waals surface area (Å²) in [6.45, 7) is 3.70. The van der Waals surface area contributed by atoms with Gasteiger partial charge in [-0.3, -0.25) is 4.79 Å². The fraction of sp³-hybridized carbons (Fsp3) is 0.846. The van der Waals surface area contributed by atoms with Crippen molar-refractivity contribution in [1.82, 2.24) is 5.32 Å². The van der Waals surface area contributed by atoms with Gasteiger partial charge in [0.05, 0.1) is 6.07 Å². The number of nitrogens with one attached hydrogen (secondary N) is 1. The fourth-order valence-electron chi connectivity index (χ4n) is 2.21. The largest absolute Gasteiger partial charge is 0.338 e. The number of hydrogen-bond acceptors (Lipinski definition) is 2. The first-order valence-electron chi connectivity index (χ1n) is 6.32. The van der Waals surface area contributed by atoms with Crippen molar-refractivity contribution in [3.8, 4) is 6.07 Å².